The Balaban J connectivity index is 1.76. The summed E-state index contributed by atoms with van der Waals surface area (Å²) in [6.45, 7) is 7.04. The molecule has 5 nitrogen and oxygen atoms in total. The Morgan fingerprint density at radius 2 is 1.95 bits per heavy atom. The molecule has 0 spiro atoms. The van der Waals surface area contributed by atoms with Crippen molar-refractivity contribution in [3.8, 4) is 5.75 Å². The molecule has 5 heteroatoms. The summed E-state index contributed by atoms with van der Waals surface area (Å²) >= 11 is 0. The first kappa shape index (κ1) is 16.1. The van der Waals surface area contributed by atoms with Crippen molar-refractivity contribution in [2.24, 2.45) is 0 Å². The monoisotopic (exact) mass is 301 g/mol. The highest BCUT2D eigenvalue weighted by Crippen LogP contribution is 2.15. The molecular formula is C17H23N3O2. The fourth-order valence-corrected chi connectivity index (χ4v) is 2.32. The highest BCUT2D eigenvalue weighted by atomic mass is 16.5. The van der Waals surface area contributed by atoms with Crippen LogP contribution >= 0.6 is 0 Å². The molecule has 2 N–H and O–H groups in total. The molecule has 1 aromatic heterocycles. The molecule has 1 heterocycles. The fourth-order valence-electron chi connectivity index (χ4n) is 2.32. The van der Waals surface area contributed by atoms with Gasteiger partial charge in [0.15, 0.2) is 0 Å². The van der Waals surface area contributed by atoms with Gasteiger partial charge in [0, 0.05) is 5.69 Å². The van der Waals surface area contributed by atoms with Crippen LogP contribution < -0.4 is 10.1 Å². The zero-order valence-electron chi connectivity index (χ0n) is 13.4. The van der Waals surface area contributed by atoms with Crippen molar-refractivity contribution in [2.45, 2.75) is 33.6 Å². The van der Waals surface area contributed by atoms with E-state index in [4.69, 9.17) is 4.74 Å². The van der Waals surface area contributed by atoms with Crippen molar-refractivity contribution in [2.75, 3.05) is 13.2 Å². The summed E-state index contributed by atoms with van der Waals surface area (Å²) in [5.41, 5.74) is 3.74. The molecule has 0 bridgehead atoms. The van der Waals surface area contributed by atoms with Crippen LogP contribution in [0.5, 0.6) is 5.75 Å². The molecule has 1 amide bonds. The number of nitrogens with zero attached hydrogens (tertiary/aromatic N) is 1. The minimum Gasteiger partial charge on any atom is -0.492 e. The maximum atomic E-state index is 11.9. The Morgan fingerprint density at radius 3 is 2.64 bits per heavy atom. The molecule has 118 valence electrons. The van der Waals surface area contributed by atoms with Gasteiger partial charge in [0.05, 0.1) is 6.54 Å². The van der Waals surface area contributed by atoms with E-state index in [1.54, 1.807) is 6.07 Å². The van der Waals surface area contributed by atoms with Crippen molar-refractivity contribution in [3.05, 3.63) is 46.8 Å². The van der Waals surface area contributed by atoms with E-state index in [1.165, 1.54) is 11.1 Å². The van der Waals surface area contributed by atoms with Gasteiger partial charge < -0.3 is 10.1 Å². The number of amides is 1. The summed E-state index contributed by atoms with van der Waals surface area (Å²) < 4.78 is 5.65. The van der Waals surface area contributed by atoms with E-state index in [9.17, 15) is 4.79 Å². The van der Waals surface area contributed by atoms with Crippen molar-refractivity contribution >= 4 is 5.91 Å². The normalized spacial score (nSPS) is 10.5. The van der Waals surface area contributed by atoms with Crippen LogP contribution in [0.1, 0.15) is 40.7 Å². The van der Waals surface area contributed by atoms with Crippen LogP contribution in [0.2, 0.25) is 0 Å². The molecule has 2 rings (SSSR count). The second kappa shape index (κ2) is 7.64. The third-order valence-electron chi connectivity index (χ3n) is 3.23. The van der Waals surface area contributed by atoms with Crippen molar-refractivity contribution < 1.29 is 9.53 Å². The summed E-state index contributed by atoms with van der Waals surface area (Å²) in [5, 5.41) is 9.70. The lowest BCUT2D eigenvalue weighted by Gasteiger charge is -2.08. The summed E-state index contributed by atoms with van der Waals surface area (Å²) in [5.74, 6) is 0.652. The number of H-pyrrole nitrogens is 1. The summed E-state index contributed by atoms with van der Waals surface area (Å²) in [6, 6.07) is 7.86. The molecule has 0 aliphatic carbocycles. The van der Waals surface area contributed by atoms with Gasteiger partial charge in [-0.3, -0.25) is 9.89 Å². The first-order valence-corrected chi connectivity index (χ1v) is 7.62. The highest BCUT2D eigenvalue weighted by Gasteiger charge is 2.09. The van der Waals surface area contributed by atoms with Crippen LogP contribution in [0.15, 0.2) is 24.3 Å². The maximum Gasteiger partial charge on any atom is 0.271 e. The van der Waals surface area contributed by atoms with Crippen molar-refractivity contribution in [1.29, 1.82) is 0 Å². The standard InChI is InChI=1S/C17H23N3O2/c1-4-5-14-11-16(20-19-14)17(21)18-6-7-22-15-9-12(2)8-13(3)10-15/h8-11H,4-7H2,1-3H3,(H,18,21)(H,19,20). The number of hydrogen-bond acceptors (Lipinski definition) is 3. The Morgan fingerprint density at radius 1 is 1.23 bits per heavy atom. The van der Waals surface area contributed by atoms with Gasteiger partial charge in [-0.1, -0.05) is 19.4 Å². The number of carbonyl (C=O) groups excluding carboxylic acids is 1. The maximum absolute atomic E-state index is 11.9. The van der Waals surface area contributed by atoms with E-state index in [0.29, 0.717) is 18.8 Å². The minimum absolute atomic E-state index is 0.178. The average molecular weight is 301 g/mol. The third kappa shape index (κ3) is 4.62. The first-order chi connectivity index (χ1) is 10.6. The molecule has 0 aliphatic heterocycles. The molecule has 1 aromatic carbocycles. The number of rotatable bonds is 7. The number of carbonyl (C=O) groups is 1. The smallest absolute Gasteiger partial charge is 0.271 e. The molecular weight excluding hydrogens is 278 g/mol. The number of ether oxygens (including phenoxy) is 1. The second-order valence-corrected chi connectivity index (χ2v) is 5.46. The molecule has 0 unspecified atom stereocenters. The quantitative estimate of drug-likeness (QED) is 0.773. The topological polar surface area (TPSA) is 67.0 Å². The lowest BCUT2D eigenvalue weighted by atomic mass is 10.1. The van der Waals surface area contributed by atoms with Gasteiger partial charge >= 0.3 is 0 Å². The molecule has 0 aliphatic rings. The molecule has 0 fully saturated rings. The molecule has 22 heavy (non-hydrogen) atoms. The van der Waals surface area contributed by atoms with Gasteiger partial charge in [-0.15, -0.1) is 0 Å². The Hall–Kier alpha value is -2.30. The Bertz CT molecular complexity index is 614. The van der Waals surface area contributed by atoms with Gasteiger partial charge in [-0.05, 0) is 49.6 Å². The number of hydrogen-bond donors (Lipinski definition) is 2. The van der Waals surface area contributed by atoms with E-state index < -0.39 is 0 Å². The first-order valence-electron chi connectivity index (χ1n) is 7.62. The largest absolute Gasteiger partial charge is 0.492 e. The number of benzene rings is 1. The van der Waals surface area contributed by atoms with Crippen LogP contribution in [0, 0.1) is 13.8 Å². The van der Waals surface area contributed by atoms with Crippen LogP contribution in [0.3, 0.4) is 0 Å². The number of aromatic amines is 1. The van der Waals surface area contributed by atoms with Gasteiger partial charge in [0.25, 0.3) is 5.91 Å². The summed E-state index contributed by atoms with van der Waals surface area (Å²) in [4.78, 5) is 11.9. The number of aryl methyl sites for hydroxylation is 3. The SMILES string of the molecule is CCCc1cc(C(=O)NCCOc2cc(C)cc(C)c2)n[nH]1. The van der Waals surface area contributed by atoms with Crippen LogP contribution in [-0.4, -0.2) is 29.3 Å². The van der Waals surface area contributed by atoms with Gasteiger partial charge in [0.1, 0.15) is 18.1 Å². The van der Waals surface area contributed by atoms with Gasteiger partial charge in [-0.2, -0.15) is 5.10 Å². The van der Waals surface area contributed by atoms with E-state index in [2.05, 4.69) is 28.5 Å². The average Bonchev–Trinajstić information content (AvgIpc) is 2.91. The molecule has 2 aromatic rings. The summed E-state index contributed by atoms with van der Waals surface area (Å²) in [6.07, 6.45) is 1.92. The predicted molar refractivity (Wildman–Crippen MR) is 86.3 cm³/mol. The fraction of sp³-hybridized carbons (Fsp3) is 0.412. The third-order valence-corrected chi connectivity index (χ3v) is 3.23. The Kier molecular flexibility index (Phi) is 5.58. The molecule has 0 saturated carbocycles. The Labute approximate surface area is 131 Å². The number of nitrogens with one attached hydrogen (secondary N) is 2. The van der Waals surface area contributed by atoms with Crippen LogP contribution in [0.4, 0.5) is 0 Å². The summed E-state index contributed by atoms with van der Waals surface area (Å²) in [7, 11) is 0. The lowest BCUT2D eigenvalue weighted by Crippen LogP contribution is -2.28. The molecule has 0 saturated heterocycles. The molecule has 0 radical (unpaired) electrons. The molecule has 0 atom stereocenters. The van der Waals surface area contributed by atoms with E-state index in [-0.39, 0.29) is 5.91 Å². The predicted octanol–water partition coefficient (Wildman–Crippen LogP) is 2.79. The minimum atomic E-state index is -0.178. The van der Waals surface area contributed by atoms with Crippen LogP contribution in [-0.2, 0) is 6.42 Å². The zero-order valence-corrected chi connectivity index (χ0v) is 13.4. The second-order valence-electron chi connectivity index (χ2n) is 5.46. The van der Waals surface area contributed by atoms with E-state index in [1.807, 2.05) is 26.0 Å². The van der Waals surface area contributed by atoms with Crippen molar-refractivity contribution in [3.63, 3.8) is 0 Å². The number of aromatic nitrogens is 2. The lowest BCUT2D eigenvalue weighted by molar-refractivity contribution is 0.0942. The van der Waals surface area contributed by atoms with Gasteiger partial charge in [-0.25, -0.2) is 0 Å². The van der Waals surface area contributed by atoms with E-state index >= 15 is 0 Å². The highest BCUT2D eigenvalue weighted by molar-refractivity contribution is 5.92. The zero-order chi connectivity index (χ0) is 15.9. The van der Waals surface area contributed by atoms with Gasteiger partial charge in [0.2, 0.25) is 0 Å². The van der Waals surface area contributed by atoms with Crippen LogP contribution in [0.25, 0.3) is 0 Å². The van der Waals surface area contributed by atoms with E-state index in [0.717, 1.165) is 24.3 Å². The van der Waals surface area contributed by atoms with Crippen molar-refractivity contribution in [1.82, 2.24) is 15.5 Å².